The highest BCUT2D eigenvalue weighted by atomic mass is 19.1. The van der Waals surface area contributed by atoms with Crippen molar-refractivity contribution in [1.82, 2.24) is 0 Å². The lowest BCUT2D eigenvalue weighted by Gasteiger charge is -2.71. The van der Waals surface area contributed by atoms with Crippen LogP contribution in [-0.2, 0) is 15.7 Å². The molecule has 1 aromatic carbocycles. The summed E-state index contributed by atoms with van der Waals surface area (Å²) in [5, 5.41) is 0.227. The molecule has 22 heavy (non-hydrogen) atoms. The fourth-order valence-electron chi connectivity index (χ4n) is 4.65. The average Bonchev–Trinajstić information content (AvgIpc) is 2.53. The molecule has 0 amide bonds. The molecule has 0 N–H and O–H groups in total. The number of rotatable bonds is 3. The maximum Gasteiger partial charge on any atom is 0.464 e. The van der Waals surface area contributed by atoms with Gasteiger partial charge in [-0.3, -0.25) is 0 Å². The molecule has 2 bridgehead atoms. The Hall–Kier alpha value is -0.865. The molecule has 4 fully saturated rings. The van der Waals surface area contributed by atoms with E-state index in [9.17, 15) is 4.39 Å². The van der Waals surface area contributed by atoms with Crippen LogP contribution in [0.5, 0.6) is 0 Å². The molecule has 1 heterocycles. The molecule has 0 radical (unpaired) electrons. The van der Waals surface area contributed by atoms with Crippen LogP contribution in [0.1, 0.15) is 52.5 Å². The lowest BCUT2D eigenvalue weighted by Crippen LogP contribution is -2.64. The zero-order valence-electron chi connectivity index (χ0n) is 13.9. The number of benzene rings is 1. The van der Waals surface area contributed by atoms with E-state index in [2.05, 4.69) is 27.7 Å². The first kappa shape index (κ1) is 14.7. The lowest BCUT2D eigenvalue weighted by molar-refractivity contribution is -0.109. The third-order valence-corrected chi connectivity index (χ3v) is 6.43. The summed E-state index contributed by atoms with van der Waals surface area (Å²) in [6.45, 7) is 8.47. The Labute approximate surface area is 132 Å². The highest BCUT2D eigenvalue weighted by Gasteiger charge is 2.76. The first-order valence-electron chi connectivity index (χ1n) is 8.26. The third kappa shape index (κ3) is 1.93. The molecular formula is C18H24BFO2. The predicted octanol–water partition coefficient (Wildman–Crippen LogP) is 4.38. The topological polar surface area (TPSA) is 18.5 Å². The van der Waals surface area contributed by atoms with Crippen molar-refractivity contribution in [2.45, 2.75) is 69.9 Å². The van der Waals surface area contributed by atoms with Crippen LogP contribution in [0.15, 0.2) is 24.3 Å². The maximum atomic E-state index is 13.0. The van der Waals surface area contributed by atoms with Crippen molar-refractivity contribution < 1.29 is 13.7 Å². The van der Waals surface area contributed by atoms with E-state index in [4.69, 9.17) is 9.31 Å². The van der Waals surface area contributed by atoms with Crippen LogP contribution in [0.3, 0.4) is 0 Å². The number of hydrogen-bond donors (Lipinski definition) is 0. The minimum absolute atomic E-state index is 0.0624. The summed E-state index contributed by atoms with van der Waals surface area (Å²) in [5.41, 5.74) is 1.17. The molecule has 118 valence electrons. The van der Waals surface area contributed by atoms with Gasteiger partial charge in [-0.2, -0.15) is 0 Å². The van der Waals surface area contributed by atoms with Crippen LogP contribution in [0, 0.1) is 11.2 Å². The van der Waals surface area contributed by atoms with Crippen LogP contribution in [-0.4, -0.2) is 18.3 Å². The zero-order valence-corrected chi connectivity index (χ0v) is 13.9. The Morgan fingerprint density at radius 2 is 1.45 bits per heavy atom. The first-order valence-corrected chi connectivity index (χ1v) is 8.26. The van der Waals surface area contributed by atoms with Gasteiger partial charge in [0.25, 0.3) is 0 Å². The Kier molecular flexibility index (Phi) is 2.78. The second kappa shape index (κ2) is 4.15. The second-order valence-electron chi connectivity index (χ2n) is 8.78. The molecule has 2 nitrogen and oxygen atoms in total. The summed E-state index contributed by atoms with van der Waals surface area (Å²) >= 11 is 0. The smallest absolute Gasteiger partial charge is 0.403 e. The summed E-state index contributed by atoms with van der Waals surface area (Å²) in [6, 6.07) is 6.95. The van der Waals surface area contributed by atoms with Crippen molar-refractivity contribution in [3.05, 3.63) is 35.6 Å². The highest BCUT2D eigenvalue weighted by molar-refractivity contribution is 6.51. The fourth-order valence-corrected chi connectivity index (χ4v) is 4.65. The Bertz CT molecular complexity index is 572. The Morgan fingerprint density at radius 3 is 1.95 bits per heavy atom. The molecule has 0 unspecified atom stereocenters. The molecule has 1 aliphatic heterocycles. The zero-order chi connectivity index (χ0) is 15.8. The van der Waals surface area contributed by atoms with Gasteiger partial charge in [0.2, 0.25) is 0 Å². The van der Waals surface area contributed by atoms with E-state index >= 15 is 0 Å². The predicted molar refractivity (Wildman–Crippen MR) is 85.2 cm³/mol. The second-order valence-corrected chi connectivity index (χ2v) is 8.78. The summed E-state index contributed by atoms with van der Waals surface area (Å²) < 4.78 is 25.5. The van der Waals surface area contributed by atoms with Gasteiger partial charge < -0.3 is 9.31 Å². The summed E-state index contributed by atoms with van der Waals surface area (Å²) in [6.07, 6.45) is 4.57. The normalized spacial score (nSPS) is 37.6. The van der Waals surface area contributed by atoms with E-state index in [0.29, 0.717) is 5.41 Å². The largest absolute Gasteiger partial charge is 0.464 e. The van der Waals surface area contributed by atoms with E-state index in [1.807, 2.05) is 12.1 Å². The molecule has 4 aliphatic rings. The average molecular weight is 302 g/mol. The van der Waals surface area contributed by atoms with Gasteiger partial charge in [-0.05, 0) is 76.5 Å². The maximum absolute atomic E-state index is 13.0. The fraction of sp³-hybridized carbons (Fsp3) is 0.667. The van der Waals surface area contributed by atoms with Crippen LogP contribution in [0.2, 0.25) is 5.31 Å². The van der Waals surface area contributed by atoms with Gasteiger partial charge >= 0.3 is 7.12 Å². The molecule has 0 aromatic heterocycles. The monoisotopic (exact) mass is 302 g/mol. The summed E-state index contributed by atoms with van der Waals surface area (Å²) in [5.74, 6) is -0.157. The molecule has 0 atom stereocenters. The minimum Gasteiger partial charge on any atom is -0.403 e. The SMILES string of the molecule is CC1(C)OB(C23CC(Cc4ccc(F)cc4)(C2)C3)OC1(C)C. The molecular weight excluding hydrogens is 278 g/mol. The number of halogens is 1. The lowest BCUT2D eigenvalue weighted by atomic mass is 9.23. The van der Waals surface area contributed by atoms with Crippen molar-refractivity contribution in [1.29, 1.82) is 0 Å². The van der Waals surface area contributed by atoms with E-state index in [0.717, 1.165) is 6.42 Å². The van der Waals surface area contributed by atoms with Crippen molar-refractivity contribution in [2.75, 3.05) is 0 Å². The van der Waals surface area contributed by atoms with Crippen molar-refractivity contribution in [3.63, 3.8) is 0 Å². The highest BCUT2D eigenvalue weighted by Crippen LogP contribution is 2.81. The van der Waals surface area contributed by atoms with Crippen LogP contribution < -0.4 is 0 Å². The van der Waals surface area contributed by atoms with Gasteiger partial charge in [0, 0.05) is 5.31 Å². The summed E-state index contributed by atoms with van der Waals surface area (Å²) in [4.78, 5) is 0. The van der Waals surface area contributed by atoms with Crippen LogP contribution in [0.25, 0.3) is 0 Å². The Balaban J connectivity index is 1.41. The van der Waals surface area contributed by atoms with Gasteiger partial charge in [-0.25, -0.2) is 4.39 Å². The first-order chi connectivity index (χ1) is 10.2. The van der Waals surface area contributed by atoms with Crippen LogP contribution in [0.4, 0.5) is 4.39 Å². The van der Waals surface area contributed by atoms with E-state index in [1.54, 1.807) is 12.1 Å². The van der Waals surface area contributed by atoms with Gasteiger partial charge in [-0.15, -0.1) is 0 Å². The molecule has 3 aliphatic carbocycles. The van der Waals surface area contributed by atoms with Gasteiger partial charge in [-0.1, -0.05) is 12.1 Å². The molecule has 1 saturated heterocycles. The number of hydrogen-bond acceptors (Lipinski definition) is 2. The van der Waals surface area contributed by atoms with Crippen molar-refractivity contribution in [2.24, 2.45) is 5.41 Å². The Morgan fingerprint density at radius 1 is 0.955 bits per heavy atom. The summed E-state index contributed by atoms with van der Waals surface area (Å²) in [7, 11) is -0.0624. The molecule has 1 aromatic rings. The third-order valence-electron chi connectivity index (χ3n) is 6.43. The standard InChI is InChI=1S/C18H24BFO2/c1-15(2)16(3,4)22-19(21-15)18-10-17(11-18,12-18)9-13-5-7-14(20)8-6-13/h5-8H,9-12H2,1-4H3. The minimum atomic E-state index is -0.239. The molecule has 4 heteroatoms. The van der Waals surface area contributed by atoms with Gasteiger partial charge in [0.1, 0.15) is 5.82 Å². The van der Waals surface area contributed by atoms with Crippen molar-refractivity contribution >= 4 is 7.12 Å². The van der Waals surface area contributed by atoms with Gasteiger partial charge in [0.15, 0.2) is 0 Å². The van der Waals surface area contributed by atoms with E-state index < -0.39 is 0 Å². The van der Waals surface area contributed by atoms with Gasteiger partial charge in [0.05, 0.1) is 11.2 Å². The molecule has 3 saturated carbocycles. The molecule has 0 spiro atoms. The molecule has 5 rings (SSSR count). The van der Waals surface area contributed by atoms with Crippen LogP contribution >= 0.6 is 0 Å². The van der Waals surface area contributed by atoms with Crippen molar-refractivity contribution in [3.8, 4) is 0 Å². The van der Waals surface area contributed by atoms with E-state index in [1.165, 1.54) is 24.8 Å². The quantitative estimate of drug-likeness (QED) is 0.771. The van der Waals surface area contributed by atoms with E-state index in [-0.39, 0.29) is 29.5 Å².